The predicted octanol–water partition coefficient (Wildman–Crippen LogP) is 5.27. The Kier molecular flexibility index (Phi) is 5.91. The summed E-state index contributed by atoms with van der Waals surface area (Å²) in [5, 5.41) is 3.27. The number of hydrogen-bond donors (Lipinski definition) is 1. The summed E-state index contributed by atoms with van der Waals surface area (Å²) in [5.41, 5.74) is 3.45. The Bertz CT molecular complexity index is 686. The molecule has 1 saturated carbocycles. The molecule has 1 fully saturated rings. The van der Waals surface area contributed by atoms with Gasteiger partial charge in [0.05, 0.1) is 0 Å². The van der Waals surface area contributed by atoms with Crippen molar-refractivity contribution in [2.45, 2.75) is 57.3 Å². The van der Waals surface area contributed by atoms with E-state index in [-0.39, 0.29) is 11.3 Å². The molecule has 0 saturated heterocycles. The fourth-order valence-electron chi connectivity index (χ4n) is 4.16. The smallest absolute Gasteiger partial charge is 0.251 e. The number of nitrogens with one attached hydrogen (secondary N) is 1. The molecular weight excluding hydrogens is 306 g/mol. The summed E-state index contributed by atoms with van der Waals surface area (Å²) in [6.45, 7) is 2.89. The maximum atomic E-state index is 12.8. The lowest BCUT2D eigenvalue weighted by atomic mass is 9.69. The second-order valence-electron chi connectivity index (χ2n) is 7.30. The molecule has 0 radical (unpaired) electrons. The molecule has 0 aromatic heterocycles. The molecule has 2 aromatic carbocycles. The van der Waals surface area contributed by atoms with E-state index in [0.29, 0.717) is 0 Å². The average Bonchev–Trinajstić information content (AvgIpc) is 2.68. The van der Waals surface area contributed by atoms with E-state index in [4.69, 9.17) is 0 Å². The summed E-state index contributed by atoms with van der Waals surface area (Å²) >= 11 is 0. The van der Waals surface area contributed by atoms with Gasteiger partial charge in [-0.3, -0.25) is 4.79 Å². The van der Waals surface area contributed by atoms with Crippen LogP contribution in [-0.4, -0.2) is 12.5 Å². The van der Waals surface area contributed by atoms with Gasteiger partial charge in [0.1, 0.15) is 0 Å². The van der Waals surface area contributed by atoms with Crippen LogP contribution < -0.4 is 5.32 Å². The van der Waals surface area contributed by atoms with Gasteiger partial charge in [0.15, 0.2) is 0 Å². The lowest BCUT2D eigenvalue weighted by molar-refractivity contribution is 0.0935. The van der Waals surface area contributed by atoms with Crippen LogP contribution in [0.5, 0.6) is 0 Å². The van der Waals surface area contributed by atoms with Crippen LogP contribution in [-0.2, 0) is 11.8 Å². The second-order valence-corrected chi connectivity index (χ2v) is 7.30. The molecule has 0 atom stereocenters. The molecule has 1 aliphatic rings. The van der Waals surface area contributed by atoms with Crippen molar-refractivity contribution in [1.29, 1.82) is 0 Å². The van der Waals surface area contributed by atoms with Crippen molar-refractivity contribution in [2.24, 2.45) is 0 Å². The van der Waals surface area contributed by atoms with E-state index in [1.807, 2.05) is 18.2 Å². The fraction of sp³-hybridized carbons (Fsp3) is 0.435. The summed E-state index contributed by atoms with van der Waals surface area (Å²) in [6, 6.07) is 18.8. The summed E-state index contributed by atoms with van der Waals surface area (Å²) < 4.78 is 0. The predicted molar refractivity (Wildman–Crippen MR) is 104 cm³/mol. The van der Waals surface area contributed by atoms with E-state index in [2.05, 4.69) is 48.6 Å². The van der Waals surface area contributed by atoms with Crippen LogP contribution in [0.25, 0.3) is 0 Å². The molecule has 3 rings (SSSR count). The fourth-order valence-corrected chi connectivity index (χ4v) is 4.16. The van der Waals surface area contributed by atoms with Gasteiger partial charge in [0.25, 0.3) is 5.91 Å². The Balaban J connectivity index is 1.77. The zero-order valence-corrected chi connectivity index (χ0v) is 15.3. The number of carbonyl (C=O) groups is 1. The molecule has 2 aromatic rings. The highest BCUT2D eigenvalue weighted by Gasteiger charge is 2.34. The largest absolute Gasteiger partial charge is 0.351 e. The van der Waals surface area contributed by atoms with Gasteiger partial charge in [-0.15, -0.1) is 0 Å². The van der Waals surface area contributed by atoms with Crippen molar-refractivity contribution < 1.29 is 4.79 Å². The number of carbonyl (C=O) groups excluding carboxylic acids is 1. The minimum atomic E-state index is 0.0740. The monoisotopic (exact) mass is 335 g/mol. The Morgan fingerprint density at radius 3 is 2.36 bits per heavy atom. The Labute approximate surface area is 151 Å². The third-order valence-corrected chi connectivity index (χ3v) is 5.57. The lowest BCUT2D eigenvalue weighted by Gasteiger charge is -2.38. The molecule has 0 heterocycles. The standard InChI is InChI=1S/C23H29NO/c1-2-11-19-12-7-8-15-21(19)22(25)24-18-23(16-9-4-10-17-23)20-13-5-3-6-14-20/h3,5-8,12-15H,2,4,9-11,16-18H2,1H3,(H,24,25). The van der Waals surface area contributed by atoms with Crippen molar-refractivity contribution in [2.75, 3.05) is 6.54 Å². The van der Waals surface area contributed by atoms with Gasteiger partial charge in [0.2, 0.25) is 0 Å². The summed E-state index contributed by atoms with van der Waals surface area (Å²) in [7, 11) is 0. The maximum absolute atomic E-state index is 12.8. The maximum Gasteiger partial charge on any atom is 0.251 e. The van der Waals surface area contributed by atoms with Crippen molar-refractivity contribution >= 4 is 5.91 Å². The zero-order chi connectivity index (χ0) is 17.5. The first-order valence-corrected chi connectivity index (χ1v) is 9.67. The third kappa shape index (κ3) is 4.12. The molecule has 132 valence electrons. The highest BCUT2D eigenvalue weighted by Crippen LogP contribution is 2.39. The molecule has 0 bridgehead atoms. The molecule has 2 heteroatoms. The van der Waals surface area contributed by atoms with E-state index in [9.17, 15) is 4.79 Å². The van der Waals surface area contributed by atoms with Crippen LogP contribution in [0.3, 0.4) is 0 Å². The summed E-state index contributed by atoms with van der Waals surface area (Å²) in [5.74, 6) is 0.0740. The number of amides is 1. The zero-order valence-electron chi connectivity index (χ0n) is 15.3. The van der Waals surface area contributed by atoms with Gasteiger partial charge in [0, 0.05) is 17.5 Å². The molecular formula is C23H29NO. The molecule has 0 spiro atoms. The van der Waals surface area contributed by atoms with Crippen LogP contribution in [0.1, 0.15) is 66.9 Å². The van der Waals surface area contributed by atoms with Crippen molar-refractivity contribution in [3.05, 3.63) is 71.3 Å². The van der Waals surface area contributed by atoms with Gasteiger partial charge < -0.3 is 5.32 Å². The molecule has 1 aliphatic carbocycles. The van der Waals surface area contributed by atoms with Gasteiger partial charge in [-0.25, -0.2) is 0 Å². The topological polar surface area (TPSA) is 29.1 Å². The average molecular weight is 335 g/mol. The van der Waals surface area contributed by atoms with Crippen LogP contribution in [0, 0.1) is 0 Å². The van der Waals surface area contributed by atoms with Gasteiger partial charge in [-0.05, 0) is 36.5 Å². The van der Waals surface area contributed by atoms with Crippen molar-refractivity contribution in [3.8, 4) is 0 Å². The molecule has 2 nitrogen and oxygen atoms in total. The van der Waals surface area contributed by atoms with Crippen LogP contribution >= 0.6 is 0 Å². The lowest BCUT2D eigenvalue weighted by Crippen LogP contribution is -2.42. The highest BCUT2D eigenvalue weighted by atomic mass is 16.1. The van der Waals surface area contributed by atoms with E-state index < -0.39 is 0 Å². The Morgan fingerprint density at radius 1 is 0.960 bits per heavy atom. The van der Waals surface area contributed by atoms with Gasteiger partial charge in [-0.1, -0.05) is 81.1 Å². The number of hydrogen-bond acceptors (Lipinski definition) is 1. The Morgan fingerprint density at radius 2 is 1.64 bits per heavy atom. The molecule has 1 amide bonds. The minimum absolute atomic E-state index is 0.0740. The normalized spacial score (nSPS) is 16.4. The Hall–Kier alpha value is -2.09. The number of rotatable bonds is 6. The van der Waals surface area contributed by atoms with Gasteiger partial charge >= 0.3 is 0 Å². The van der Waals surface area contributed by atoms with E-state index in [1.165, 1.54) is 24.8 Å². The molecule has 0 aliphatic heterocycles. The quantitative estimate of drug-likeness (QED) is 0.765. The summed E-state index contributed by atoms with van der Waals surface area (Å²) in [6.07, 6.45) is 8.13. The van der Waals surface area contributed by atoms with E-state index in [0.717, 1.165) is 43.4 Å². The summed E-state index contributed by atoms with van der Waals surface area (Å²) in [4.78, 5) is 12.8. The number of aryl methyl sites for hydroxylation is 1. The first kappa shape index (κ1) is 17.7. The second kappa shape index (κ2) is 8.33. The van der Waals surface area contributed by atoms with Gasteiger partial charge in [-0.2, -0.15) is 0 Å². The van der Waals surface area contributed by atoms with Crippen LogP contribution in [0.4, 0.5) is 0 Å². The molecule has 0 unspecified atom stereocenters. The van der Waals surface area contributed by atoms with Crippen LogP contribution in [0.15, 0.2) is 54.6 Å². The van der Waals surface area contributed by atoms with Crippen molar-refractivity contribution in [1.82, 2.24) is 5.32 Å². The molecule has 1 N–H and O–H groups in total. The first-order valence-electron chi connectivity index (χ1n) is 9.67. The highest BCUT2D eigenvalue weighted by molar-refractivity contribution is 5.95. The minimum Gasteiger partial charge on any atom is -0.351 e. The van der Waals surface area contributed by atoms with Crippen molar-refractivity contribution in [3.63, 3.8) is 0 Å². The SMILES string of the molecule is CCCc1ccccc1C(=O)NCC1(c2ccccc2)CCCCC1. The van der Waals surface area contributed by atoms with E-state index in [1.54, 1.807) is 0 Å². The number of benzene rings is 2. The molecule has 25 heavy (non-hydrogen) atoms. The third-order valence-electron chi connectivity index (χ3n) is 5.57. The first-order chi connectivity index (χ1) is 12.2. The van der Waals surface area contributed by atoms with E-state index >= 15 is 0 Å². The van der Waals surface area contributed by atoms with Crippen LogP contribution in [0.2, 0.25) is 0 Å².